The Bertz CT molecular complexity index is 594. The summed E-state index contributed by atoms with van der Waals surface area (Å²) in [5, 5.41) is 3.66. The second kappa shape index (κ2) is 7.07. The van der Waals surface area contributed by atoms with E-state index in [9.17, 15) is 4.39 Å². The van der Waals surface area contributed by atoms with Crippen LogP contribution in [0.5, 0.6) is 5.75 Å². The minimum atomic E-state index is -0.276. The molecule has 0 aliphatic rings. The lowest BCUT2D eigenvalue weighted by molar-refractivity contribution is 0.270. The van der Waals surface area contributed by atoms with Crippen molar-refractivity contribution < 1.29 is 9.13 Å². The lowest BCUT2D eigenvalue weighted by Gasteiger charge is -2.18. The fraction of sp³-hybridized carbons (Fsp3) is 0.200. The Morgan fingerprint density at radius 2 is 2.05 bits per heavy atom. The van der Waals surface area contributed by atoms with Crippen molar-refractivity contribution in [2.45, 2.75) is 6.04 Å². The maximum atomic E-state index is 14.1. The summed E-state index contributed by atoms with van der Waals surface area (Å²) in [5.74, 6) is 0.384. The van der Waals surface area contributed by atoms with E-state index in [2.05, 4.69) is 21.2 Å². The molecule has 0 aliphatic heterocycles. The van der Waals surface area contributed by atoms with Crippen LogP contribution in [-0.2, 0) is 0 Å². The number of likely N-dealkylation sites (N-methyl/N-ethyl adjacent to an activating group) is 1. The zero-order valence-electron chi connectivity index (χ0n) is 10.9. The van der Waals surface area contributed by atoms with Gasteiger partial charge in [0.25, 0.3) is 0 Å². The van der Waals surface area contributed by atoms with Crippen molar-refractivity contribution in [2.24, 2.45) is 0 Å². The molecule has 1 N–H and O–H groups in total. The van der Waals surface area contributed by atoms with E-state index in [4.69, 9.17) is 16.3 Å². The molecule has 2 aromatic carbocycles. The van der Waals surface area contributed by atoms with Gasteiger partial charge in [0.05, 0.1) is 10.5 Å². The highest BCUT2D eigenvalue weighted by Crippen LogP contribution is 2.25. The van der Waals surface area contributed by atoms with Crippen LogP contribution in [0.2, 0.25) is 5.02 Å². The SMILES string of the molecule is CNC(COc1cccc(Cl)c1)c1cccc(Br)c1F. The topological polar surface area (TPSA) is 21.3 Å². The van der Waals surface area contributed by atoms with Gasteiger partial charge in [-0.2, -0.15) is 0 Å². The minimum Gasteiger partial charge on any atom is -0.492 e. The van der Waals surface area contributed by atoms with Gasteiger partial charge in [-0.05, 0) is 47.2 Å². The van der Waals surface area contributed by atoms with Gasteiger partial charge < -0.3 is 10.1 Å². The molecule has 0 amide bonds. The van der Waals surface area contributed by atoms with Crippen molar-refractivity contribution in [2.75, 3.05) is 13.7 Å². The molecular formula is C15H14BrClFNO. The normalized spacial score (nSPS) is 12.2. The predicted molar refractivity (Wildman–Crippen MR) is 82.8 cm³/mol. The van der Waals surface area contributed by atoms with Gasteiger partial charge in [0.2, 0.25) is 0 Å². The van der Waals surface area contributed by atoms with E-state index in [0.717, 1.165) is 0 Å². The van der Waals surface area contributed by atoms with E-state index in [1.807, 2.05) is 12.1 Å². The van der Waals surface area contributed by atoms with Gasteiger partial charge in [0.1, 0.15) is 18.2 Å². The molecule has 5 heteroatoms. The molecular weight excluding hydrogens is 345 g/mol. The first-order chi connectivity index (χ1) is 9.61. The lowest BCUT2D eigenvalue weighted by Crippen LogP contribution is -2.24. The Kier molecular flexibility index (Phi) is 5.40. The van der Waals surface area contributed by atoms with Gasteiger partial charge in [-0.1, -0.05) is 29.8 Å². The Morgan fingerprint density at radius 3 is 2.75 bits per heavy atom. The molecule has 106 valence electrons. The first kappa shape index (κ1) is 15.3. The van der Waals surface area contributed by atoms with Gasteiger partial charge in [-0.3, -0.25) is 0 Å². The van der Waals surface area contributed by atoms with Crippen molar-refractivity contribution in [3.05, 3.63) is 63.3 Å². The van der Waals surface area contributed by atoms with E-state index in [1.54, 1.807) is 37.4 Å². The molecule has 2 aromatic rings. The second-order valence-electron chi connectivity index (χ2n) is 4.25. The zero-order chi connectivity index (χ0) is 14.5. The molecule has 1 unspecified atom stereocenters. The zero-order valence-corrected chi connectivity index (χ0v) is 13.2. The maximum absolute atomic E-state index is 14.1. The van der Waals surface area contributed by atoms with Crippen LogP contribution >= 0.6 is 27.5 Å². The van der Waals surface area contributed by atoms with Crippen LogP contribution in [0.3, 0.4) is 0 Å². The van der Waals surface area contributed by atoms with Gasteiger partial charge >= 0.3 is 0 Å². The summed E-state index contributed by atoms with van der Waals surface area (Å²) in [7, 11) is 1.77. The molecule has 0 saturated heterocycles. The predicted octanol–water partition coefficient (Wildman–Crippen LogP) is 4.58. The van der Waals surface area contributed by atoms with E-state index in [0.29, 0.717) is 27.4 Å². The van der Waals surface area contributed by atoms with Crippen LogP contribution < -0.4 is 10.1 Å². The highest BCUT2D eigenvalue weighted by Gasteiger charge is 2.16. The molecule has 20 heavy (non-hydrogen) atoms. The summed E-state index contributed by atoms with van der Waals surface area (Å²) < 4.78 is 20.2. The van der Waals surface area contributed by atoms with Gasteiger partial charge in [-0.15, -0.1) is 0 Å². The van der Waals surface area contributed by atoms with E-state index in [-0.39, 0.29) is 11.9 Å². The fourth-order valence-corrected chi connectivity index (χ4v) is 2.42. The quantitative estimate of drug-likeness (QED) is 0.844. The summed E-state index contributed by atoms with van der Waals surface area (Å²) in [6.45, 7) is 0.310. The average molecular weight is 359 g/mol. The number of halogens is 3. The first-order valence-corrected chi connectivity index (χ1v) is 7.28. The maximum Gasteiger partial charge on any atom is 0.142 e. The van der Waals surface area contributed by atoms with E-state index < -0.39 is 0 Å². The molecule has 0 bridgehead atoms. The van der Waals surface area contributed by atoms with Crippen LogP contribution in [-0.4, -0.2) is 13.7 Å². The smallest absolute Gasteiger partial charge is 0.142 e. The third kappa shape index (κ3) is 3.72. The monoisotopic (exact) mass is 357 g/mol. The Morgan fingerprint density at radius 1 is 1.30 bits per heavy atom. The molecule has 0 spiro atoms. The molecule has 0 saturated carbocycles. The number of rotatable bonds is 5. The van der Waals surface area contributed by atoms with Crippen molar-refractivity contribution in [3.8, 4) is 5.75 Å². The summed E-state index contributed by atoms with van der Waals surface area (Å²) in [4.78, 5) is 0. The fourth-order valence-electron chi connectivity index (χ4n) is 1.85. The molecule has 1 atom stereocenters. The summed E-state index contributed by atoms with van der Waals surface area (Å²) in [6.07, 6.45) is 0. The van der Waals surface area contributed by atoms with Crippen molar-refractivity contribution in [3.63, 3.8) is 0 Å². The standard InChI is InChI=1S/C15H14BrClFNO/c1-19-14(12-6-3-7-13(16)15(12)18)9-20-11-5-2-4-10(17)8-11/h2-8,14,19H,9H2,1H3. The van der Waals surface area contributed by atoms with Crippen molar-refractivity contribution in [1.82, 2.24) is 5.32 Å². The number of ether oxygens (including phenoxy) is 1. The van der Waals surface area contributed by atoms with Crippen LogP contribution in [0.4, 0.5) is 4.39 Å². The van der Waals surface area contributed by atoms with E-state index >= 15 is 0 Å². The summed E-state index contributed by atoms with van der Waals surface area (Å²) >= 11 is 9.08. The Balaban J connectivity index is 2.11. The van der Waals surface area contributed by atoms with Crippen LogP contribution in [0.15, 0.2) is 46.9 Å². The summed E-state index contributed by atoms with van der Waals surface area (Å²) in [6, 6.07) is 12.1. The number of hydrogen-bond donors (Lipinski definition) is 1. The van der Waals surface area contributed by atoms with Crippen LogP contribution in [0, 0.1) is 5.82 Å². The van der Waals surface area contributed by atoms with Crippen molar-refractivity contribution >= 4 is 27.5 Å². The van der Waals surface area contributed by atoms with Crippen molar-refractivity contribution in [1.29, 1.82) is 0 Å². The molecule has 2 rings (SSSR count). The minimum absolute atomic E-state index is 0.244. The van der Waals surface area contributed by atoms with E-state index in [1.165, 1.54) is 0 Å². The molecule has 0 heterocycles. The van der Waals surface area contributed by atoms with Crippen LogP contribution in [0.25, 0.3) is 0 Å². The summed E-state index contributed by atoms with van der Waals surface area (Å²) in [5.41, 5.74) is 0.559. The molecule has 0 aromatic heterocycles. The second-order valence-corrected chi connectivity index (χ2v) is 5.54. The lowest BCUT2D eigenvalue weighted by atomic mass is 10.1. The largest absolute Gasteiger partial charge is 0.492 e. The molecule has 2 nitrogen and oxygen atoms in total. The van der Waals surface area contributed by atoms with Gasteiger partial charge in [0, 0.05) is 10.6 Å². The number of nitrogens with one attached hydrogen (secondary N) is 1. The molecule has 0 aliphatic carbocycles. The Hall–Kier alpha value is -1.10. The number of benzene rings is 2. The Labute approximate surface area is 131 Å². The first-order valence-electron chi connectivity index (χ1n) is 6.11. The van der Waals surface area contributed by atoms with Crippen LogP contribution in [0.1, 0.15) is 11.6 Å². The highest BCUT2D eigenvalue weighted by atomic mass is 79.9. The molecule has 0 fully saturated rings. The average Bonchev–Trinajstić information content (AvgIpc) is 2.44. The third-order valence-electron chi connectivity index (χ3n) is 2.92. The van der Waals surface area contributed by atoms with Gasteiger partial charge in [-0.25, -0.2) is 4.39 Å². The highest BCUT2D eigenvalue weighted by molar-refractivity contribution is 9.10. The molecule has 0 radical (unpaired) electrons. The number of hydrogen-bond acceptors (Lipinski definition) is 2. The third-order valence-corrected chi connectivity index (χ3v) is 3.77. The van der Waals surface area contributed by atoms with Gasteiger partial charge in [0.15, 0.2) is 0 Å².